The van der Waals surface area contributed by atoms with Gasteiger partial charge in [-0.2, -0.15) is 0 Å². The van der Waals surface area contributed by atoms with Crippen molar-refractivity contribution in [2.75, 3.05) is 13.6 Å². The van der Waals surface area contributed by atoms with Crippen LogP contribution in [0.3, 0.4) is 0 Å². The van der Waals surface area contributed by atoms with Gasteiger partial charge >= 0.3 is 10.8 Å². The van der Waals surface area contributed by atoms with Gasteiger partial charge in [-0.15, -0.1) is 0 Å². The zero-order valence-electron chi connectivity index (χ0n) is 13.6. The van der Waals surface area contributed by atoms with E-state index in [-0.39, 0.29) is 11.3 Å². The number of aromatic nitrogens is 1. The van der Waals surface area contributed by atoms with Crippen molar-refractivity contribution in [1.82, 2.24) is 9.88 Å². The Morgan fingerprint density at radius 1 is 1.30 bits per heavy atom. The lowest BCUT2D eigenvalue weighted by Crippen LogP contribution is -2.21. The molecule has 2 rings (SSSR count). The van der Waals surface area contributed by atoms with Gasteiger partial charge in [0, 0.05) is 18.0 Å². The number of rotatable bonds is 7. The summed E-state index contributed by atoms with van der Waals surface area (Å²) in [5, 5.41) is 8.76. The summed E-state index contributed by atoms with van der Waals surface area (Å²) in [4.78, 5) is 28.1. The van der Waals surface area contributed by atoms with E-state index in [4.69, 9.17) is 5.11 Å². The quantitative estimate of drug-likeness (QED) is 0.816. The topological polar surface area (TPSA) is 73.4 Å². The summed E-state index contributed by atoms with van der Waals surface area (Å²) < 4.78 is 0. The van der Waals surface area contributed by atoms with Gasteiger partial charge in [-0.05, 0) is 24.1 Å². The van der Waals surface area contributed by atoms with Crippen LogP contribution in [0.15, 0.2) is 29.1 Å². The van der Waals surface area contributed by atoms with Crippen LogP contribution in [0.25, 0.3) is 11.3 Å². The number of hydrogen-bond acceptors (Lipinski definition) is 4. The molecule has 0 amide bonds. The third kappa shape index (κ3) is 4.77. The molecule has 6 heteroatoms. The van der Waals surface area contributed by atoms with Crippen molar-refractivity contribution < 1.29 is 9.90 Å². The third-order valence-electron chi connectivity index (χ3n) is 3.71. The first-order valence-electron chi connectivity index (χ1n) is 7.59. The molecule has 0 fully saturated rings. The molecule has 124 valence electrons. The van der Waals surface area contributed by atoms with Gasteiger partial charge in [-0.3, -0.25) is 9.59 Å². The molecule has 1 aromatic carbocycles. The number of thiazole rings is 1. The molecule has 0 saturated heterocycles. The van der Waals surface area contributed by atoms with Gasteiger partial charge in [-0.1, -0.05) is 49.4 Å². The predicted octanol–water partition coefficient (Wildman–Crippen LogP) is 3.13. The lowest BCUT2D eigenvalue weighted by atomic mass is 10.0. The van der Waals surface area contributed by atoms with E-state index >= 15 is 0 Å². The minimum absolute atomic E-state index is 0.0884. The molecule has 2 N–H and O–H groups in total. The monoisotopic (exact) mass is 334 g/mol. The molecule has 2 aromatic rings. The molecule has 0 radical (unpaired) electrons. The van der Waals surface area contributed by atoms with E-state index in [1.165, 1.54) is 16.9 Å². The lowest BCUT2D eigenvalue weighted by Gasteiger charge is -2.15. The van der Waals surface area contributed by atoms with Crippen LogP contribution >= 0.6 is 11.3 Å². The summed E-state index contributed by atoms with van der Waals surface area (Å²) in [6, 6.07) is 8.20. The molecule has 5 nitrogen and oxygen atoms in total. The van der Waals surface area contributed by atoms with E-state index in [1.54, 1.807) is 0 Å². The first-order valence-corrected chi connectivity index (χ1v) is 8.41. The molecule has 0 aliphatic heterocycles. The Hall–Kier alpha value is -1.92. The van der Waals surface area contributed by atoms with Gasteiger partial charge in [-0.25, -0.2) is 0 Å². The molecule has 1 heterocycles. The van der Waals surface area contributed by atoms with Gasteiger partial charge in [0.2, 0.25) is 0 Å². The Kier molecular flexibility index (Phi) is 5.74. The van der Waals surface area contributed by atoms with Gasteiger partial charge in [0.25, 0.3) is 0 Å². The summed E-state index contributed by atoms with van der Waals surface area (Å²) in [6.45, 7) is 5.29. The van der Waals surface area contributed by atoms with Crippen LogP contribution in [0.4, 0.5) is 0 Å². The molecule has 23 heavy (non-hydrogen) atoms. The summed E-state index contributed by atoms with van der Waals surface area (Å²) in [6.07, 6.45) is 0.0915. The van der Waals surface area contributed by atoms with Gasteiger partial charge in [0.1, 0.15) is 0 Å². The van der Waals surface area contributed by atoms with E-state index in [0.717, 1.165) is 16.1 Å². The maximum atomic E-state index is 11.8. The number of benzene rings is 1. The summed E-state index contributed by atoms with van der Waals surface area (Å²) in [7, 11) is 1.86. The van der Waals surface area contributed by atoms with Crippen LogP contribution in [0.5, 0.6) is 0 Å². The van der Waals surface area contributed by atoms with Crippen molar-refractivity contribution in [3.63, 3.8) is 0 Å². The fourth-order valence-corrected chi connectivity index (χ4v) is 3.28. The van der Waals surface area contributed by atoms with Gasteiger partial charge in [0.05, 0.1) is 12.1 Å². The molecular weight excluding hydrogens is 312 g/mol. The standard InChI is InChI=1S/C17H22N2O3S/c1-11(2)12-4-6-13(7-5-12)16-14(23-17(22)18-16)10-19(3)9-8-15(20)21/h4-7,11H,8-10H2,1-3H3,(H,18,22)(H,20,21). The fraction of sp³-hybridized carbons (Fsp3) is 0.412. The molecule has 0 aliphatic carbocycles. The van der Waals surface area contributed by atoms with Crippen LogP contribution in [-0.4, -0.2) is 34.6 Å². The van der Waals surface area contributed by atoms with E-state index in [2.05, 4.69) is 31.0 Å². The van der Waals surface area contributed by atoms with E-state index in [9.17, 15) is 9.59 Å². The Bertz CT molecular complexity index is 716. The van der Waals surface area contributed by atoms with E-state index < -0.39 is 5.97 Å². The molecule has 0 atom stereocenters. The second-order valence-corrected chi connectivity index (χ2v) is 7.04. The Labute approximate surface area is 139 Å². The number of nitrogens with zero attached hydrogens (tertiary/aromatic N) is 1. The normalized spacial score (nSPS) is 11.3. The highest BCUT2D eigenvalue weighted by atomic mass is 32.1. The van der Waals surface area contributed by atoms with E-state index in [1.807, 2.05) is 24.1 Å². The highest BCUT2D eigenvalue weighted by Gasteiger charge is 2.13. The number of nitrogens with one attached hydrogen (secondary N) is 1. The summed E-state index contributed by atoms with van der Waals surface area (Å²) >= 11 is 1.18. The molecule has 0 aliphatic rings. The molecule has 0 spiro atoms. The maximum absolute atomic E-state index is 11.8. The molecule has 0 unspecified atom stereocenters. The number of carboxylic acids is 1. The molecule has 0 saturated carbocycles. The van der Waals surface area contributed by atoms with Crippen LogP contribution < -0.4 is 4.87 Å². The van der Waals surface area contributed by atoms with Crippen molar-refractivity contribution in [1.29, 1.82) is 0 Å². The lowest BCUT2D eigenvalue weighted by molar-refractivity contribution is -0.137. The number of aliphatic carboxylic acids is 1. The second kappa shape index (κ2) is 7.57. The van der Waals surface area contributed by atoms with Crippen molar-refractivity contribution in [3.05, 3.63) is 44.4 Å². The predicted molar refractivity (Wildman–Crippen MR) is 93.1 cm³/mol. The first kappa shape index (κ1) is 17.4. The number of carboxylic acid groups (broad SMARTS) is 1. The van der Waals surface area contributed by atoms with Crippen LogP contribution in [0, 0.1) is 0 Å². The zero-order valence-corrected chi connectivity index (χ0v) is 14.4. The minimum Gasteiger partial charge on any atom is -0.481 e. The van der Waals surface area contributed by atoms with Crippen molar-refractivity contribution in [2.45, 2.75) is 32.7 Å². The minimum atomic E-state index is -0.816. The largest absolute Gasteiger partial charge is 0.481 e. The number of hydrogen-bond donors (Lipinski definition) is 2. The second-order valence-electron chi connectivity index (χ2n) is 5.97. The van der Waals surface area contributed by atoms with Crippen LogP contribution in [0.1, 0.15) is 36.6 Å². The number of aromatic amines is 1. The van der Waals surface area contributed by atoms with E-state index in [0.29, 0.717) is 19.0 Å². The fourth-order valence-electron chi connectivity index (χ4n) is 2.35. The zero-order chi connectivity index (χ0) is 17.0. The molecule has 1 aromatic heterocycles. The summed E-state index contributed by atoms with van der Waals surface area (Å²) in [5.41, 5.74) is 3.07. The van der Waals surface area contributed by atoms with Crippen molar-refractivity contribution >= 4 is 17.3 Å². The molecule has 0 bridgehead atoms. The van der Waals surface area contributed by atoms with Gasteiger partial charge < -0.3 is 15.0 Å². The summed E-state index contributed by atoms with van der Waals surface area (Å²) in [5.74, 6) is -0.351. The SMILES string of the molecule is CC(C)c1ccc(-c2[nH]c(=O)sc2CN(C)CCC(=O)O)cc1. The highest BCUT2D eigenvalue weighted by molar-refractivity contribution is 7.09. The van der Waals surface area contributed by atoms with Crippen molar-refractivity contribution in [3.8, 4) is 11.3 Å². The molecular formula is C17H22N2O3S. The smallest absolute Gasteiger partial charge is 0.305 e. The maximum Gasteiger partial charge on any atom is 0.305 e. The average molecular weight is 334 g/mol. The first-order chi connectivity index (χ1) is 10.9. The van der Waals surface area contributed by atoms with Crippen LogP contribution in [-0.2, 0) is 11.3 Å². The average Bonchev–Trinajstić information content (AvgIpc) is 2.85. The van der Waals surface area contributed by atoms with Crippen molar-refractivity contribution in [2.24, 2.45) is 0 Å². The van der Waals surface area contributed by atoms with Crippen LogP contribution in [0.2, 0.25) is 0 Å². The third-order valence-corrected chi connectivity index (χ3v) is 4.58. The Morgan fingerprint density at radius 3 is 2.52 bits per heavy atom. The Balaban J connectivity index is 2.19. The number of carbonyl (C=O) groups is 1. The van der Waals surface area contributed by atoms with Gasteiger partial charge in [0.15, 0.2) is 0 Å². The highest BCUT2D eigenvalue weighted by Crippen LogP contribution is 2.26. The Morgan fingerprint density at radius 2 is 1.96 bits per heavy atom. The number of H-pyrrole nitrogens is 1.